The minimum absolute atomic E-state index is 0.160. The number of benzene rings is 2. The molecule has 0 radical (unpaired) electrons. The van der Waals surface area contributed by atoms with Crippen LogP contribution in [0.5, 0.6) is 11.5 Å². The van der Waals surface area contributed by atoms with Crippen molar-refractivity contribution in [1.82, 2.24) is 9.55 Å². The number of para-hydroxylation sites is 2. The maximum Gasteiger partial charge on any atom is 0.269 e. The van der Waals surface area contributed by atoms with Crippen LogP contribution in [0.15, 0.2) is 51.9 Å². The van der Waals surface area contributed by atoms with Gasteiger partial charge in [-0.15, -0.1) is 0 Å². The minimum atomic E-state index is -0.160. The lowest BCUT2D eigenvalue weighted by molar-refractivity contribution is 0.395. The van der Waals surface area contributed by atoms with E-state index in [0.717, 1.165) is 21.1 Å². The fourth-order valence-electron chi connectivity index (χ4n) is 2.50. The Bertz CT molecular complexity index is 921. The van der Waals surface area contributed by atoms with Crippen LogP contribution in [-0.4, -0.2) is 23.8 Å². The van der Waals surface area contributed by atoms with Gasteiger partial charge >= 0.3 is 0 Å². The maximum atomic E-state index is 12.3. The molecule has 0 spiro atoms. The van der Waals surface area contributed by atoms with Crippen molar-refractivity contribution >= 4 is 27.0 Å². The van der Waals surface area contributed by atoms with Crippen LogP contribution in [0.2, 0.25) is 0 Å². The molecule has 6 heteroatoms. The fourth-order valence-corrected chi connectivity index (χ4v) is 2.98. The predicted molar refractivity (Wildman–Crippen MR) is 92.4 cm³/mol. The number of methoxy groups -OCH3 is 2. The molecule has 0 aliphatic rings. The molecule has 0 bridgehead atoms. The zero-order valence-electron chi connectivity index (χ0n) is 12.7. The van der Waals surface area contributed by atoms with E-state index >= 15 is 0 Å². The number of hydrogen-bond acceptors (Lipinski definition) is 4. The molecule has 3 rings (SSSR count). The quantitative estimate of drug-likeness (QED) is 0.703. The molecule has 0 amide bonds. The van der Waals surface area contributed by atoms with E-state index in [1.165, 1.54) is 6.20 Å². The highest BCUT2D eigenvalue weighted by Crippen LogP contribution is 2.33. The van der Waals surface area contributed by atoms with Crippen LogP contribution in [0.25, 0.3) is 11.0 Å². The molecule has 5 nitrogen and oxygen atoms in total. The summed E-state index contributed by atoms with van der Waals surface area (Å²) in [6.45, 7) is 0.370. The zero-order chi connectivity index (χ0) is 16.4. The van der Waals surface area contributed by atoms with Gasteiger partial charge in [-0.25, -0.2) is 4.98 Å². The third kappa shape index (κ3) is 2.94. The number of aromatic nitrogens is 2. The Balaban J connectivity index is 2.16. The highest BCUT2D eigenvalue weighted by Gasteiger charge is 2.12. The van der Waals surface area contributed by atoms with Crippen LogP contribution >= 0.6 is 15.9 Å². The molecule has 0 unspecified atom stereocenters. The molecule has 0 atom stereocenters. The van der Waals surface area contributed by atoms with Crippen LogP contribution < -0.4 is 15.0 Å². The number of ether oxygens (including phenoxy) is 2. The van der Waals surface area contributed by atoms with Crippen molar-refractivity contribution in [2.24, 2.45) is 0 Å². The molecule has 23 heavy (non-hydrogen) atoms. The summed E-state index contributed by atoms with van der Waals surface area (Å²) in [6, 6.07) is 11.2. The molecule has 0 aliphatic heterocycles. The van der Waals surface area contributed by atoms with Gasteiger partial charge in [0, 0.05) is 5.56 Å². The second-order valence-electron chi connectivity index (χ2n) is 4.97. The Hall–Kier alpha value is -2.34. The smallest absolute Gasteiger partial charge is 0.269 e. The summed E-state index contributed by atoms with van der Waals surface area (Å²) in [7, 11) is 3.20. The summed E-state index contributed by atoms with van der Waals surface area (Å²) >= 11 is 3.44. The second kappa shape index (κ2) is 6.42. The molecular weight excluding hydrogens is 360 g/mol. The van der Waals surface area contributed by atoms with Crippen molar-refractivity contribution < 1.29 is 9.47 Å². The number of hydrogen-bond donors (Lipinski definition) is 0. The van der Waals surface area contributed by atoms with Gasteiger partial charge in [-0.2, -0.15) is 0 Å². The van der Waals surface area contributed by atoms with E-state index in [1.54, 1.807) is 18.8 Å². The summed E-state index contributed by atoms with van der Waals surface area (Å²) in [5.41, 5.74) is 2.25. The third-order valence-corrected chi connectivity index (χ3v) is 4.26. The Labute approximate surface area is 141 Å². The highest BCUT2D eigenvalue weighted by molar-refractivity contribution is 9.10. The van der Waals surface area contributed by atoms with E-state index in [9.17, 15) is 4.79 Å². The topological polar surface area (TPSA) is 53.4 Å². The first kappa shape index (κ1) is 15.6. The first-order valence-corrected chi connectivity index (χ1v) is 7.78. The predicted octanol–water partition coefficient (Wildman–Crippen LogP) is 3.22. The van der Waals surface area contributed by atoms with Gasteiger partial charge < -0.3 is 14.0 Å². The molecule has 2 aromatic carbocycles. The first-order valence-electron chi connectivity index (χ1n) is 6.99. The minimum Gasteiger partial charge on any atom is -0.496 e. The SMILES string of the molecule is COc1cc(Cn2c(=O)cnc3ccccc32)c(OC)cc1Br. The van der Waals surface area contributed by atoms with Gasteiger partial charge in [0.25, 0.3) is 5.56 Å². The fraction of sp³-hybridized carbons (Fsp3) is 0.176. The number of nitrogens with zero attached hydrogens (tertiary/aromatic N) is 2. The normalized spacial score (nSPS) is 10.7. The largest absolute Gasteiger partial charge is 0.496 e. The lowest BCUT2D eigenvalue weighted by Gasteiger charge is -2.14. The van der Waals surface area contributed by atoms with Gasteiger partial charge in [0.2, 0.25) is 0 Å². The lowest BCUT2D eigenvalue weighted by atomic mass is 10.1. The van der Waals surface area contributed by atoms with E-state index < -0.39 is 0 Å². The lowest BCUT2D eigenvalue weighted by Crippen LogP contribution is -2.21. The Morgan fingerprint density at radius 1 is 1.13 bits per heavy atom. The first-order chi connectivity index (χ1) is 11.1. The molecule has 0 aliphatic carbocycles. The van der Waals surface area contributed by atoms with Crippen molar-refractivity contribution in [2.75, 3.05) is 14.2 Å². The van der Waals surface area contributed by atoms with E-state index in [-0.39, 0.29) is 5.56 Å². The molecule has 118 valence electrons. The summed E-state index contributed by atoms with van der Waals surface area (Å²) in [4.78, 5) is 16.5. The van der Waals surface area contributed by atoms with E-state index in [4.69, 9.17) is 9.47 Å². The van der Waals surface area contributed by atoms with Gasteiger partial charge in [-0.05, 0) is 40.2 Å². The molecule has 0 fully saturated rings. The monoisotopic (exact) mass is 374 g/mol. The maximum absolute atomic E-state index is 12.3. The molecule has 0 N–H and O–H groups in total. The summed E-state index contributed by atoms with van der Waals surface area (Å²) < 4.78 is 13.2. The Kier molecular flexibility index (Phi) is 4.34. The molecule has 1 aromatic heterocycles. The second-order valence-corrected chi connectivity index (χ2v) is 5.82. The van der Waals surface area contributed by atoms with Crippen LogP contribution in [0, 0.1) is 0 Å². The van der Waals surface area contributed by atoms with E-state index in [0.29, 0.717) is 18.0 Å². The number of fused-ring (bicyclic) bond motifs is 1. The average molecular weight is 375 g/mol. The van der Waals surface area contributed by atoms with Crippen molar-refractivity contribution in [2.45, 2.75) is 6.54 Å². The number of rotatable bonds is 4. The molecule has 0 saturated heterocycles. The van der Waals surface area contributed by atoms with Crippen LogP contribution in [0.1, 0.15) is 5.56 Å². The molecule has 0 saturated carbocycles. The van der Waals surface area contributed by atoms with Crippen molar-refractivity contribution in [3.05, 3.63) is 63.0 Å². The van der Waals surface area contributed by atoms with E-state index in [1.807, 2.05) is 36.4 Å². The third-order valence-electron chi connectivity index (χ3n) is 3.64. The van der Waals surface area contributed by atoms with Crippen LogP contribution in [0.3, 0.4) is 0 Å². The van der Waals surface area contributed by atoms with Crippen LogP contribution in [0.4, 0.5) is 0 Å². The van der Waals surface area contributed by atoms with Gasteiger partial charge in [0.1, 0.15) is 11.5 Å². The molecule has 3 aromatic rings. The summed E-state index contributed by atoms with van der Waals surface area (Å²) in [5.74, 6) is 1.37. The summed E-state index contributed by atoms with van der Waals surface area (Å²) in [6.07, 6.45) is 1.34. The standard InChI is InChI=1S/C17H15BrN2O3/c1-22-15-8-12(18)16(23-2)7-11(15)10-20-14-6-4-3-5-13(14)19-9-17(20)21/h3-9H,10H2,1-2H3. The van der Waals surface area contributed by atoms with Crippen molar-refractivity contribution in [3.63, 3.8) is 0 Å². The summed E-state index contributed by atoms with van der Waals surface area (Å²) in [5, 5.41) is 0. The van der Waals surface area contributed by atoms with Crippen molar-refractivity contribution in [3.8, 4) is 11.5 Å². The van der Waals surface area contributed by atoms with Gasteiger partial charge in [0.05, 0.1) is 42.5 Å². The van der Waals surface area contributed by atoms with Gasteiger partial charge in [0.15, 0.2) is 0 Å². The highest BCUT2D eigenvalue weighted by atomic mass is 79.9. The van der Waals surface area contributed by atoms with E-state index in [2.05, 4.69) is 20.9 Å². The Morgan fingerprint density at radius 3 is 2.61 bits per heavy atom. The van der Waals surface area contributed by atoms with Crippen molar-refractivity contribution in [1.29, 1.82) is 0 Å². The zero-order valence-corrected chi connectivity index (χ0v) is 14.3. The van der Waals surface area contributed by atoms with Gasteiger partial charge in [-0.1, -0.05) is 12.1 Å². The number of halogens is 1. The average Bonchev–Trinajstić information content (AvgIpc) is 2.58. The molecule has 1 heterocycles. The molecular formula is C17H15BrN2O3. The van der Waals surface area contributed by atoms with Crippen LogP contribution in [-0.2, 0) is 6.54 Å². The Morgan fingerprint density at radius 2 is 1.87 bits per heavy atom. The van der Waals surface area contributed by atoms with Gasteiger partial charge in [-0.3, -0.25) is 4.79 Å².